The molecular formula is C23H21F2N3O3. The summed E-state index contributed by atoms with van der Waals surface area (Å²) in [4.78, 5) is 39.7. The van der Waals surface area contributed by atoms with Crippen LogP contribution in [-0.2, 0) is 24.3 Å². The molecule has 1 aliphatic heterocycles. The molecule has 2 heterocycles. The van der Waals surface area contributed by atoms with Crippen LogP contribution in [0.4, 0.5) is 14.5 Å². The number of aryl methyl sites for hydroxylation is 1. The van der Waals surface area contributed by atoms with Gasteiger partial charge in [0.05, 0.1) is 6.54 Å². The van der Waals surface area contributed by atoms with Crippen molar-refractivity contribution in [2.24, 2.45) is 0 Å². The lowest BCUT2D eigenvalue weighted by Gasteiger charge is -2.19. The third-order valence-electron chi connectivity index (χ3n) is 5.44. The fraction of sp³-hybridized carbons (Fsp3) is 0.261. The predicted molar refractivity (Wildman–Crippen MR) is 112 cm³/mol. The van der Waals surface area contributed by atoms with Gasteiger partial charge in [-0.2, -0.15) is 0 Å². The van der Waals surface area contributed by atoms with E-state index in [9.17, 15) is 23.2 Å². The van der Waals surface area contributed by atoms with Crippen LogP contribution in [0.15, 0.2) is 64.3 Å². The summed E-state index contributed by atoms with van der Waals surface area (Å²) in [5.74, 6) is -1.78. The van der Waals surface area contributed by atoms with Crippen molar-refractivity contribution in [3.05, 3.63) is 98.3 Å². The highest BCUT2D eigenvalue weighted by molar-refractivity contribution is 5.94. The van der Waals surface area contributed by atoms with Crippen LogP contribution in [0.1, 0.15) is 24.0 Å². The van der Waals surface area contributed by atoms with Gasteiger partial charge in [0.2, 0.25) is 5.91 Å². The van der Waals surface area contributed by atoms with Crippen molar-refractivity contribution in [2.75, 3.05) is 11.4 Å². The zero-order valence-corrected chi connectivity index (χ0v) is 16.8. The van der Waals surface area contributed by atoms with Crippen LogP contribution in [-0.4, -0.2) is 21.6 Å². The molecule has 31 heavy (non-hydrogen) atoms. The third kappa shape index (κ3) is 4.19. The molecule has 0 radical (unpaired) electrons. The maximum absolute atomic E-state index is 14.2. The van der Waals surface area contributed by atoms with Crippen molar-refractivity contribution in [3.8, 4) is 0 Å². The van der Waals surface area contributed by atoms with Crippen molar-refractivity contribution in [1.82, 2.24) is 9.13 Å². The number of amides is 1. The van der Waals surface area contributed by atoms with Crippen molar-refractivity contribution >= 4 is 11.6 Å². The minimum absolute atomic E-state index is 0.0481. The van der Waals surface area contributed by atoms with Crippen LogP contribution in [0.2, 0.25) is 0 Å². The Kier molecular flexibility index (Phi) is 5.79. The molecule has 0 bridgehead atoms. The van der Waals surface area contributed by atoms with Gasteiger partial charge in [0.25, 0.3) is 5.56 Å². The molecule has 0 atom stereocenters. The van der Waals surface area contributed by atoms with Gasteiger partial charge in [-0.15, -0.1) is 0 Å². The summed E-state index contributed by atoms with van der Waals surface area (Å²) in [5.41, 5.74) is -0.563. The summed E-state index contributed by atoms with van der Waals surface area (Å²) in [6.45, 7) is 0.0499. The van der Waals surface area contributed by atoms with Gasteiger partial charge in [0.15, 0.2) is 0 Å². The molecule has 0 spiro atoms. The molecule has 2 aromatic carbocycles. The SMILES string of the molecule is O=C1CCCN1c1cn(Cc2c(F)cccc2F)c(=O)n(CCc2ccccc2)c1=O. The number of benzene rings is 2. The van der Waals surface area contributed by atoms with Crippen molar-refractivity contribution in [3.63, 3.8) is 0 Å². The van der Waals surface area contributed by atoms with E-state index in [1.807, 2.05) is 30.3 Å². The van der Waals surface area contributed by atoms with Crippen LogP contribution in [0.25, 0.3) is 0 Å². The number of hydrogen-bond acceptors (Lipinski definition) is 3. The maximum Gasteiger partial charge on any atom is 0.331 e. The topological polar surface area (TPSA) is 64.3 Å². The van der Waals surface area contributed by atoms with Gasteiger partial charge in [-0.05, 0) is 30.5 Å². The van der Waals surface area contributed by atoms with E-state index in [0.717, 1.165) is 26.8 Å². The number of halogens is 2. The zero-order chi connectivity index (χ0) is 22.0. The zero-order valence-electron chi connectivity index (χ0n) is 16.8. The summed E-state index contributed by atoms with van der Waals surface area (Å²) in [6, 6.07) is 12.8. The number of carbonyl (C=O) groups is 1. The van der Waals surface area contributed by atoms with E-state index >= 15 is 0 Å². The van der Waals surface area contributed by atoms with Gasteiger partial charge in [0, 0.05) is 31.3 Å². The average Bonchev–Trinajstić information content (AvgIpc) is 3.18. The Morgan fingerprint density at radius 3 is 2.26 bits per heavy atom. The molecule has 160 valence electrons. The number of rotatable bonds is 6. The number of nitrogens with zero attached hydrogens (tertiary/aromatic N) is 3. The summed E-state index contributed by atoms with van der Waals surface area (Å²) >= 11 is 0. The van der Waals surface area contributed by atoms with E-state index in [-0.39, 0.29) is 23.7 Å². The van der Waals surface area contributed by atoms with E-state index in [2.05, 4.69) is 0 Å². The molecular weight excluding hydrogens is 404 g/mol. The van der Waals surface area contributed by atoms with E-state index in [4.69, 9.17) is 0 Å². The number of carbonyl (C=O) groups excluding carboxylic acids is 1. The molecule has 0 saturated carbocycles. The summed E-state index contributed by atoms with van der Waals surface area (Å²) in [5, 5.41) is 0. The predicted octanol–water partition coefficient (Wildman–Crippen LogP) is 2.71. The molecule has 3 aromatic rings. The van der Waals surface area contributed by atoms with Crippen LogP contribution in [0.5, 0.6) is 0 Å². The Hall–Kier alpha value is -3.55. The molecule has 4 rings (SSSR count). The van der Waals surface area contributed by atoms with Gasteiger partial charge in [-0.3, -0.25) is 18.7 Å². The molecule has 1 aromatic heterocycles. The van der Waals surface area contributed by atoms with Crippen molar-refractivity contribution in [1.29, 1.82) is 0 Å². The second-order valence-electron chi connectivity index (χ2n) is 7.47. The minimum atomic E-state index is -0.785. The fourth-order valence-corrected chi connectivity index (χ4v) is 3.78. The van der Waals surface area contributed by atoms with Crippen molar-refractivity contribution < 1.29 is 13.6 Å². The molecule has 0 aliphatic carbocycles. The molecule has 0 unspecified atom stereocenters. The van der Waals surface area contributed by atoms with Crippen LogP contribution >= 0.6 is 0 Å². The summed E-state index contributed by atoms with van der Waals surface area (Å²) < 4.78 is 30.5. The Labute approximate surface area is 177 Å². The molecule has 8 heteroatoms. The van der Waals surface area contributed by atoms with E-state index in [1.54, 1.807) is 0 Å². The quantitative estimate of drug-likeness (QED) is 0.610. The second-order valence-corrected chi connectivity index (χ2v) is 7.47. The molecule has 1 aliphatic rings. The van der Waals surface area contributed by atoms with Crippen LogP contribution in [0.3, 0.4) is 0 Å². The van der Waals surface area contributed by atoms with Gasteiger partial charge in [0.1, 0.15) is 17.3 Å². The lowest BCUT2D eigenvalue weighted by atomic mass is 10.1. The lowest BCUT2D eigenvalue weighted by molar-refractivity contribution is -0.117. The molecule has 6 nitrogen and oxygen atoms in total. The minimum Gasteiger partial charge on any atom is -0.306 e. The van der Waals surface area contributed by atoms with Gasteiger partial charge < -0.3 is 4.90 Å². The van der Waals surface area contributed by atoms with Crippen molar-refractivity contribution in [2.45, 2.75) is 32.4 Å². The van der Waals surface area contributed by atoms with Crippen LogP contribution < -0.4 is 16.1 Å². The first-order valence-electron chi connectivity index (χ1n) is 10.1. The van der Waals surface area contributed by atoms with Crippen LogP contribution in [0, 0.1) is 11.6 Å². The first kappa shape index (κ1) is 20.7. The lowest BCUT2D eigenvalue weighted by Crippen LogP contribution is -2.44. The van der Waals surface area contributed by atoms with Gasteiger partial charge in [-0.1, -0.05) is 36.4 Å². The first-order valence-corrected chi connectivity index (χ1v) is 10.1. The largest absolute Gasteiger partial charge is 0.331 e. The normalized spacial score (nSPS) is 13.7. The highest BCUT2D eigenvalue weighted by Crippen LogP contribution is 2.18. The third-order valence-corrected chi connectivity index (χ3v) is 5.44. The van der Waals surface area contributed by atoms with Gasteiger partial charge in [-0.25, -0.2) is 13.6 Å². The Balaban J connectivity index is 1.79. The highest BCUT2D eigenvalue weighted by atomic mass is 19.1. The van der Waals surface area contributed by atoms with Gasteiger partial charge >= 0.3 is 5.69 Å². The van der Waals surface area contributed by atoms with E-state index in [1.165, 1.54) is 17.2 Å². The maximum atomic E-state index is 14.2. The number of aromatic nitrogens is 2. The molecule has 1 fully saturated rings. The Bertz CT molecular complexity index is 1210. The first-order chi connectivity index (χ1) is 15.0. The highest BCUT2D eigenvalue weighted by Gasteiger charge is 2.26. The molecule has 1 amide bonds. The van der Waals surface area contributed by atoms with E-state index < -0.39 is 29.4 Å². The number of hydrogen-bond donors (Lipinski definition) is 0. The smallest absolute Gasteiger partial charge is 0.306 e. The standard InChI is InChI=1S/C23H21F2N3O3/c24-18-8-4-9-19(25)17(18)14-26-15-20(27-12-5-10-21(27)29)22(30)28(23(26)31)13-11-16-6-2-1-3-7-16/h1-4,6-9,15H,5,10-14H2. The molecule has 0 N–H and O–H groups in total. The summed E-state index contributed by atoms with van der Waals surface area (Å²) in [7, 11) is 0. The monoisotopic (exact) mass is 425 g/mol. The fourth-order valence-electron chi connectivity index (χ4n) is 3.78. The Morgan fingerprint density at radius 1 is 0.903 bits per heavy atom. The second kappa shape index (κ2) is 8.67. The number of anilines is 1. The molecule has 1 saturated heterocycles. The summed E-state index contributed by atoms with van der Waals surface area (Å²) in [6.07, 6.45) is 2.56. The average molecular weight is 425 g/mol. The van der Waals surface area contributed by atoms with E-state index in [0.29, 0.717) is 25.8 Å². The Morgan fingerprint density at radius 2 is 1.61 bits per heavy atom.